The molecular formula is C34H22S. The second kappa shape index (κ2) is 8.23. The Balaban J connectivity index is 1.63. The van der Waals surface area contributed by atoms with Crippen molar-refractivity contribution in [2.24, 2.45) is 0 Å². The van der Waals surface area contributed by atoms with Crippen LogP contribution in [-0.2, 0) is 0 Å². The SMILES string of the molecule is c1ccc(-c2ccc(-c3c4ccccc4c(-c4cccs4)c4ccccc34)c3ccccc23)cc1. The highest BCUT2D eigenvalue weighted by atomic mass is 32.1. The molecule has 0 unspecified atom stereocenters. The number of hydrogen-bond donors (Lipinski definition) is 0. The van der Waals surface area contributed by atoms with Gasteiger partial charge in [-0.2, -0.15) is 0 Å². The summed E-state index contributed by atoms with van der Waals surface area (Å²) in [5, 5.41) is 9.95. The smallest absolute Gasteiger partial charge is 0.0355 e. The average molecular weight is 463 g/mol. The highest BCUT2D eigenvalue weighted by molar-refractivity contribution is 7.13. The molecule has 0 radical (unpaired) electrons. The lowest BCUT2D eigenvalue weighted by molar-refractivity contribution is 1.64. The van der Waals surface area contributed by atoms with Crippen molar-refractivity contribution in [3.63, 3.8) is 0 Å². The van der Waals surface area contributed by atoms with Gasteiger partial charge >= 0.3 is 0 Å². The first-order valence-corrected chi connectivity index (χ1v) is 12.8. The predicted molar refractivity (Wildman–Crippen MR) is 153 cm³/mol. The van der Waals surface area contributed by atoms with Gasteiger partial charge in [0, 0.05) is 10.4 Å². The summed E-state index contributed by atoms with van der Waals surface area (Å²) in [6.07, 6.45) is 0. The third-order valence-corrected chi connectivity index (χ3v) is 7.86. The van der Waals surface area contributed by atoms with Crippen LogP contribution >= 0.6 is 11.3 Å². The number of fused-ring (bicyclic) bond motifs is 3. The lowest BCUT2D eigenvalue weighted by Gasteiger charge is -2.19. The van der Waals surface area contributed by atoms with Crippen LogP contribution in [0.2, 0.25) is 0 Å². The van der Waals surface area contributed by atoms with E-state index in [9.17, 15) is 0 Å². The molecule has 0 fully saturated rings. The maximum atomic E-state index is 2.32. The lowest BCUT2D eigenvalue weighted by Crippen LogP contribution is -1.91. The lowest BCUT2D eigenvalue weighted by atomic mass is 9.85. The van der Waals surface area contributed by atoms with Crippen LogP contribution in [0.5, 0.6) is 0 Å². The van der Waals surface area contributed by atoms with E-state index in [0.29, 0.717) is 0 Å². The molecule has 1 aromatic heterocycles. The van der Waals surface area contributed by atoms with E-state index in [2.05, 4.69) is 133 Å². The Hall–Kier alpha value is -4.20. The topological polar surface area (TPSA) is 0 Å². The zero-order valence-corrected chi connectivity index (χ0v) is 19.9. The number of benzene rings is 6. The van der Waals surface area contributed by atoms with Crippen LogP contribution in [0.3, 0.4) is 0 Å². The molecule has 35 heavy (non-hydrogen) atoms. The molecule has 0 bridgehead atoms. The first kappa shape index (κ1) is 20.2. The summed E-state index contributed by atoms with van der Waals surface area (Å²) >= 11 is 1.81. The zero-order chi connectivity index (χ0) is 23.2. The second-order valence-electron chi connectivity index (χ2n) is 8.89. The molecule has 0 aliphatic rings. The van der Waals surface area contributed by atoms with Crippen molar-refractivity contribution in [1.82, 2.24) is 0 Å². The molecule has 0 aliphatic heterocycles. The summed E-state index contributed by atoms with van der Waals surface area (Å²) in [6, 6.07) is 46.3. The van der Waals surface area contributed by atoms with Crippen molar-refractivity contribution in [2.75, 3.05) is 0 Å². The first-order valence-electron chi connectivity index (χ1n) is 11.9. The second-order valence-corrected chi connectivity index (χ2v) is 9.84. The third-order valence-electron chi connectivity index (χ3n) is 6.98. The molecule has 6 aromatic carbocycles. The van der Waals surface area contributed by atoms with Crippen LogP contribution in [0.15, 0.2) is 133 Å². The molecule has 0 N–H and O–H groups in total. The maximum Gasteiger partial charge on any atom is 0.0355 e. The van der Waals surface area contributed by atoms with Crippen LogP contribution in [-0.4, -0.2) is 0 Å². The summed E-state index contributed by atoms with van der Waals surface area (Å²) in [4.78, 5) is 1.31. The van der Waals surface area contributed by atoms with Crippen LogP contribution in [0.25, 0.3) is 65.0 Å². The van der Waals surface area contributed by atoms with Crippen molar-refractivity contribution >= 4 is 43.7 Å². The van der Waals surface area contributed by atoms with Gasteiger partial charge in [-0.3, -0.25) is 0 Å². The van der Waals surface area contributed by atoms with E-state index in [0.717, 1.165) is 0 Å². The van der Waals surface area contributed by atoms with E-state index < -0.39 is 0 Å². The Bertz CT molecular complexity index is 1770. The summed E-state index contributed by atoms with van der Waals surface area (Å²) in [7, 11) is 0. The van der Waals surface area contributed by atoms with Crippen molar-refractivity contribution in [3.05, 3.63) is 133 Å². The molecule has 0 saturated heterocycles. The zero-order valence-electron chi connectivity index (χ0n) is 19.1. The Labute approximate surface area is 208 Å². The van der Waals surface area contributed by atoms with Gasteiger partial charge in [-0.05, 0) is 66.0 Å². The van der Waals surface area contributed by atoms with Gasteiger partial charge in [-0.15, -0.1) is 11.3 Å². The maximum absolute atomic E-state index is 2.32. The van der Waals surface area contributed by atoms with E-state index in [-0.39, 0.29) is 0 Å². The molecule has 1 heterocycles. The quantitative estimate of drug-likeness (QED) is 0.229. The van der Waals surface area contributed by atoms with Crippen LogP contribution in [0.4, 0.5) is 0 Å². The molecule has 0 aliphatic carbocycles. The van der Waals surface area contributed by atoms with Gasteiger partial charge < -0.3 is 0 Å². The van der Waals surface area contributed by atoms with E-state index in [1.165, 1.54) is 65.0 Å². The summed E-state index contributed by atoms with van der Waals surface area (Å²) < 4.78 is 0. The van der Waals surface area contributed by atoms with Gasteiger partial charge in [-0.1, -0.05) is 121 Å². The van der Waals surface area contributed by atoms with E-state index >= 15 is 0 Å². The number of rotatable bonds is 3. The molecule has 7 aromatic rings. The van der Waals surface area contributed by atoms with Crippen LogP contribution in [0, 0.1) is 0 Å². The molecule has 7 rings (SSSR count). The van der Waals surface area contributed by atoms with Gasteiger partial charge in [0.25, 0.3) is 0 Å². The molecular weight excluding hydrogens is 440 g/mol. The Morgan fingerprint density at radius 1 is 0.343 bits per heavy atom. The van der Waals surface area contributed by atoms with Gasteiger partial charge in [0.1, 0.15) is 0 Å². The van der Waals surface area contributed by atoms with Crippen molar-refractivity contribution in [1.29, 1.82) is 0 Å². The summed E-state index contributed by atoms with van der Waals surface area (Å²) in [6.45, 7) is 0. The Morgan fingerprint density at radius 2 is 0.829 bits per heavy atom. The molecule has 0 saturated carbocycles. The van der Waals surface area contributed by atoms with E-state index in [1.54, 1.807) is 0 Å². The number of thiophene rings is 1. The van der Waals surface area contributed by atoms with Crippen molar-refractivity contribution in [3.8, 4) is 32.7 Å². The fourth-order valence-corrected chi connectivity index (χ4v) is 6.29. The van der Waals surface area contributed by atoms with Gasteiger partial charge in [0.15, 0.2) is 0 Å². The molecule has 164 valence electrons. The summed E-state index contributed by atoms with van der Waals surface area (Å²) in [5.74, 6) is 0. The third kappa shape index (κ3) is 3.20. The fourth-order valence-electron chi connectivity index (χ4n) is 5.49. The average Bonchev–Trinajstić information content (AvgIpc) is 3.46. The number of hydrogen-bond acceptors (Lipinski definition) is 1. The Morgan fingerprint density at radius 3 is 1.40 bits per heavy atom. The van der Waals surface area contributed by atoms with E-state index in [1.807, 2.05) is 11.3 Å². The normalized spacial score (nSPS) is 11.4. The minimum absolute atomic E-state index is 1.25. The largest absolute Gasteiger partial charge is 0.144 e. The van der Waals surface area contributed by atoms with Crippen LogP contribution < -0.4 is 0 Å². The highest BCUT2D eigenvalue weighted by Gasteiger charge is 2.18. The van der Waals surface area contributed by atoms with Gasteiger partial charge in [0.05, 0.1) is 0 Å². The monoisotopic (exact) mass is 462 g/mol. The fraction of sp³-hybridized carbons (Fsp3) is 0. The van der Waals surface area contributed by atoms with Crippen LogP contribution in [0.1, 0.15) is 0 Å². The molecule has 0 nitrogen and oxygen atoms in total. The minimum Gasteiger partial charge on any atom is -0.144 e. The minimum atomic E-state index is 1.25. The van der Waals surface area contributed by atoms with Gasteiger partial charge in [0.2, 0.25) is 0 Å². The molecule has 0 amide bonds. The highest BCUT2D eigenvalue weighted by Crippen LogP contribution is 2.46. The standard InChI is InChI=1S/C34H22S/c1-2-11-23(12-3-1)24-20-21-31(26-14-5-4-13-25(24)26)33-27-15-6-8-17-29(27)34(32-19-10-22-35-32)30-18-9-7-16-28(30)33/h1-22H. The summed E-state index contributed by atoms with van der Waals surface area (Å²) in [5.41, 5.74) is 6.45. The first-order chi connectivity index (χ1) is 17.4. The molecule has 0 atom stereocenters. The van der Waals surface area contributed by atoms with E-state index in [4.69, 9.17) is 0 Å². The van der Waals surface area contributed by atoms with Crippen molar-refractivity contribution in [2.45, 2.75) is 0 Å². The van der Waals surface area contributed by atoms with Gasteiger partial charge in [-0.25, -0.2) is 0 Å². The molecule has 0 spiro atoms. The predicted octanol–water partition coefficient (Wildman–Crippen LogP) is 10.2. The molecule has 1 heteroatoms. The van der Waals surface area contributed by atoms with Crippen molar-refractivity contribution < 1.29 is 0 Å². The Kier molecular flexibility index (Phi) is 4.75.